The Morgan fingerprint density at radius 3 is 2.52 bits per heavy atom. The second-order valence-corrected chi connectivity index (χ2v) is 6.37. The number of ether oxygens (including phenoxy) is 1. The SMILES string of the molecule is C[C@@H]1CNC[C@H]1C(=O)N1CCCC1C(=O)N1CCOCC1. The third-order valence-corrected chi connectivity index (χ3v) is 4.98. The van der Waals surface area contributed by atoms with Crippen LogP contribution in [0.2, 0.25) is 0 Å². The quantitative estimate of drug-likeness (QED) is 0.759. The summed E-state index contributed by atoms with van der Waals surface area (Å²) in [4.78, 5) is 29.1. The molecule has 1 unspecified atom stereocenters. The number of rotatable bonds is 2. The molecule has 0 aliphatic carbocycles. The fourth-order valence-corrected chi connectivity index (χ4v) is 3.64. The molecule has 3 aliphatic rings. The second-order valence-electron chi connectivity index (χ2n) is 6.37. The summed E-state index contributed by atoms with van der Waals surface area (Å²) in [6, 6.07) is -0.247. The number of morpholine rings is 1. The summed E-state index contributed by atoms with van der Waals surface area (Å²) in [6.45, 7) is 6.99. The van der Waals surface area contributed by atoms with Gasteiger partial charge in [-0.05, 0) is 25.3 Å². The Bertz CT molecular complexity index is 409. The highest BCUT2D eigenvalue weighted by Crippen LogP contribution is 2.26. The van der Waals surface area contributed by atoms with Gasteiger partial charge in [-0.1, -0.05) is 6.92 Å². The van der Waals surface area contributed by atoms with E-state index in [2.05, 4.69) is 12.2 Å². The second kappa shape index (κ2) is 6.32. The number of carbonyl (C=O) groups is 2. The number of hydrogen-bond donors (Lipinski definition) is 1. The molecule has 21 heavy (non-hydrogen) atoms. The van der Waals surface area contributed by atoms with Crippen molar-refractivity contribution >= 4 is 11.8 Å². The van der Waals surface area contributed by atoms with Gasteiger partial charge in [0.1, 0.15) is 6.04 Å². The summed E-state index contributed by atoms with van der Waals surface area (Å²) in [5.74, 6) is 0.666. The molecule has 0 saturated carbocycles. The van der Waals surface area contributed by atoms with Crippen molar-refractivity contribution in [3.63, 3.8) is 0 Å². The van der Waals surface area contributed by atoms with Crippen LogP contribution in [0.3, 0.4) is 0 Å². The van der Waals surface area contributed by atoms with E-state index in [0.717, 1.165) is 32.5 Å². The van der Waals surface area contributed by atoms with Crippen LogP contribution in [-0.2, 0) is 14.3 Å². The Balaban J connectivity index is 1.67. The Kier molecular flexibility index (Phi) is 4.45. The molecular weight excluding hydrogens is 270 g/mol. The van der Waals surface area contributed by atoms with Crippen molar-refractivity contribution in [1.29, 1.82) is 0 Å². The zero-order valence-electron chi connectivity index (χ0n) is 12.7. The highest BCUT2D eigenvalue weighted by molar-refractivity contribution is 5.89. The van der Waals surface area contributed by atoms with E-state index in [-0.39, 0.29) is 23.8 Å². The Morgan fingerprint density at radius 1 is 1.10 bits per heavy atom. The van der Waals surface area contributed by atoms with E-state index in [9.17, 15) is 9.59 Å². The standard InChI is InChI=1S/C15H25N3O3/c1-11-9-16-10-12(11)14(19)18-4-2-3-13(18)15(20)17-5-7-21-8-6-17/h11-13,16H,2-10H2,1H3/t11-,12-,13?/m1/s1. The van der Waals surface area contributed by atoms with Gasteiger partial charge in [0, 0.05) is 26.2 Å². The molecule has 0 aromatic heterocycles. The van der Waals surface area contributed by atoms with Crippen LogP contribution < -0.4 is 5.32 Å². The van der Waals surface area contributed by atoms with Gasteiger partial charge in [0.05, 0.1) is 19.1 Å². The fourth-order valence-electron chi connectivity index (χ4n) is 3.64. The van der Waals surface area contributed by atoms with Gasteiger partial charge in [-0.3, -0.25) is 9.59 Å². The minimum absolute atomic E-state index is 0.0306. The number of likely N-dealkylation sites (tertiary alicyclic amines) is 1. The van der Waals surface area contributed by atoms with Crippen LogP contribution >= 0.6 is 0 Å². The highest BCUT2D eigenvalue weighted by Gasteiger charge is 2.41. The van der Waals surface area contributed by atoms with Gasteiger partial charge in [-0.15, -0.1) is 0 Å². The maximum atomic E-state index is 12.7. The predicted octanol–water partition coefficient (Wildman–Crippen LogP) is -0.308. The zero-order valence-corrected chi connectivity index (χ0v) is 12.7. The van der Waals surface area contributed by atoms with Crippen LogP contribution in [0.5, 0.6) is 0 Å². The molecule has 0 radical (unpaired) electrons. The molecule has 3 aliphatic heterocycles. The van der Waals surface area contributed by atoms with Gasteiger partial charge in [-0.2, -0.15) is 0 Å². The minimum Gasteiger partial charge on any atom is -0.378 e. The summed E-state index contributed by atoms with van der Waals surface area (Å²) < 4.78 is 5.30. The van der Waals surface area contributed by atoms with E-state index >= 15 is 0 Å². The third-order valence-electron chi connectivity index (χ3n) is 4.98. The Morgan fingerprint density at radius 2 is 1.86 bits per heavy atom. The molecule has 6 heteroatoms. The molecule has 118 valence electrons. The summed E-state index contributed by atoms with van der Waals surface area (Å²) >= 11 is 0. The van der Waals surface area contributed by atoms with E-state index in [1.165, 1.54) is 0 Å². The van der Waals surface area contributed by atoms with Crippen LogP contribution in [0.1, 0.15) is 19.8 Å². The molecule has 1 N–H and O–H groups in total. The molecular formula is C15H25N3O3. The first-order valence-corrected chi connectivity index (χ1v) is 8.06. The lowest BCUT2D eigenvalue weighted by molar-refractivity contribution is -0.148. The molecule has 0 bridgehead atoms. The lowest BCUT2D eigenvalue weighted by Crippen LogP contribution is -2.52. The monoisotopic (exact) mass is 295 g/mol. The van der Waals surface area contributed by atoms with Crippen molar-refractivity contribution in [2.24, 2.45) is 11.8 Å². The topological polar surface area (TPSA) is 61.9 Å². The first-order chi connectivity index (χ1) is 10.2. The van der Waals surface area contributed by atoms with E-state index in [0.29, 0.717) is 32.2 Å². The number of hydrogen-bond acceptors (Lipinski definition) is 4. The average Bonchev–Trinajstić information content (AvgIpc) is 3.15. The summed E-state index contributed by atoms with van der Waals surface area (Å²) in [6.07, 6.45) is 1.73. The number of nitrogens with zero attached hydrogens (tertiary/aromatic N) is 2. The van der Waals surface area contributed by atoms with Crippen molar-refractivity contribution in [2.75, 3.05) is 45.9 Å². The molecule has 3 heterocycles. The fraction of sp³-hybridized carbons (Fsp3) is 0.867. The van der Waals surface area contributed by atoms with Crippen molar-refractivity contribution in [1.82, 2.24) is 15.1 Å². The van der Waals surface area contributed by atoms with E-state index in [1.54, 1.807) is 0 Å². The van der Waals surface area contributed by atoms with Gasteiger partial charge in [0.2, 0.25) is 11.8 Å². The summed E-state index contributed by atoms with van der Waals surface area (Å²) in [5, 5.41) is 3.27. The normalized spacial score (nSPS) is 33.5. The van der Waals surface area contributed by atoms with Crippen molar-refractivity contribution in [3.8, 4) is 0 Å². The van der Waals surface area contributed by atoms with Gasteiger partial charge in [0.15, 0.2) is 0 Å². The number of carbonyl (C=O) groups excluding carboxylic acids is 2. The van der Waals surface area contributed by atoms with Crippen LogP contribution in [0.4, 0.5) is 0 Å². The maximum absolute atomic E-state index is 12.7. The van der Waals surface area contributed by atoms with Crippen molar-refractivity contribution in [2.45, 2.75) is 25.8 Å². The van der Waals surface area contributed by atoms with Gasteiger partial charge in [-0.25, -0.2) is 0 Å². The molecule has 0 aromatic rings. The molecule has 3 fully saturated rings. The van der Waals surface area contributed by atoms with Crippen LogP contribution in [0.15, 0.2) is 0 Å². The highest BCUT2D eigenvalue weighted by atomic mass is 16.5. The molecule has 3 saturated heterocycles. The van der Waals surface area contributed by atoms with Crippen molar-refractivity contribution < 1.29 is 14.3 Å². The molecule has 3 atom stereocenters. The molecule has 2 amide bonds. The van der Waals surface area contributed by atoms with Crippen LogP contribution in [0, 0.1) is 11.8 Å². The third kappa shape index (κ3) is 2.92. The summed E-state index contributed by atoms with van der Waals surface area (Å²) in [7, 11) is 0. The van der Waals surface area contributed by atoms with E-state index in [4.69, 9.17) is 4.74 Å². The lowest BCUT2D eigenvalue weighted by Gasteiger charge is -2.33. The van der Waals surface area contributed by atoms with Gasteiger partial charge < -0.3 is 19.9 Å². The lowest BCUT2D eigenvalue weighted by atomic mass is 9.96. The molecule has 0 aromatic carbocycles. The van der Waals surface area contributed by atoms with Gasteiger partial charge >= 0.3 is 0 Å². The Hall–Kier alpha value is -1.14. The molecule has 6 nitrogen and oxygen atoms in total. The van der Waals surface area contributed by atoms with Crippen LogP contribution in [-0.4, -0.2) is 73.6 Å². The maximum Gasteiger partial charge on any atom is 0.245 e. The zero-order chi connectivity index (χ0) is 14.8. The summed E-state index contributed by atoms with van der Waals surface area (Å²) in [5.41, 5.74) is 0. The largest absolute Gasteiger partial charge is 0.378 e. The van der Waals surface area contributed by atoms with E-state index in [1.807, 2.05) is 9.80 Å². The smallest absolute Gasteiger partial charge is 0.245 e. The molecule has 0 spiro atoms. The predicted molar refractivity (Wildman–Crippen MR) is 77.7 cm³/mol. The van der Waals surface area contributed by atoms with E-state index < -0.39 is 0 Å². The van der Waals surface area contributed by atoms with Crippen LogP contribution in [0.25, 0.3) is 0 Å². The van der Waals surface area contributed by atoms with Gasteiger partial charge in [0.25, 0.3) is 0 Å². The van der Waals surface area contributed by atoms with Crippen molar-refractivity contribution in [3.05, 3.63) is 0 Å². The number of nitrogens with one attached hydrogen (secondary N) is 1. The average molecular weight is 295 g/mol. The minimum atomic E-state index is -0.247. The first kappa shape index (κ1) is 14.8. The Labute approximate surface area is 125 Å². The first-order valence-electron chi connectivity index (χ1n) is 8.06. The number of amides is 2. The molecule has 3 rings (SSSR count).